The Balaban J connectivity index is 2.96. The van der Waals surface area contributed by atoms with Gasteiger partial charge in [-0.05, 0) is 47.7 Å². The van der Waals surface area contributed by atoms with Gasteiger partial charge in [-0.1, -0.05) is 0 Å². The average molecular weight is 342 g/mol. The normalized spacial score (nSPS) is 10.7. The van der Waals surface area contributed by atoms with E-state index in [1.165, 1.54) is 6.20 Å². The maximum Gasteiger partial charge on any atom is 0.254 e. The lowest BCUT2D eigenvalue weighted by Gasteiger charge is -2.10. The summed E-state index contributed by atoms with van der Waals surface area (Å²) in [4.78, 5) is 23.3. The van der Waals surface area contributed by atoms with E-state index in [1.54, 1.807) is 6.07 Å². The molecule has 0 unspecified atom stereocenters. The zero-order chi connectivity index (χ0) is 12.6. The molecule has 0 saturated carbocycles. The first kappa shape index (κ1) is 12.1. The number of aryl methyl sites for hydroxylation is 1. The number of amides is 1. The summed E-state index contributed by atoms with van der Waals surface area (Å²) in [6, 6.07) is 5.59. The van der Waals surface area contributed by atoms with Gasteiger partial charge in [-0.25, -0.2) is 0 Å². The number of fused-ring (bicyclic) bond motifs is 1. The Morgan fingerprint density at radius 3 is 2.76 bits per heavy atom. The molecule has 0 spiro atoms. The molecule has 2 aromatic rings. The predicted octanol–water partition coefficient (Wildman–Crippen LogP) is 1.72. The highest BCUT2D eigenvalue weighted by atomic mass is 127. The first-order chi connectivity index (χ1) is 8.04. The predicted molar refractivity (Wildman–Crippen MR) is 75.1 cm³/mol. The van der Waals surface area contributed by atoms with Crippen molar-refractivity contribution in [3.63, 3.8) is 0 Å². The molecular formula is C12H11IN2O2. The van der Waals surface area contributed by atoms with E-state index in [9.17, 15) is 9.59 Å². The topological polar surface area (TPSA) is 65.1 Å². The Kier molecular flexibility index (Phi) is 3.19. The Hall–Kier alpha value is -1.37. The quantitative estimate of drug-likeness (QED) is 0.845. The van der Waals surface area contributed by atoms with Crippen LogP contribution in [0.15, 0.2) is 29.2 Å². The smallest absolute Gasteiger partial charge is 0.254 e. The molecule has 0 aliphatic rings. The third-order valence-electron chi connectivity index (χ3n) is 2.65. The van der Waals surface area contributed by atoms with E-state index in [0.29, 0.717) is 11.9 Å². The van der Waals surface area contributed by atoms with Gasteiger partial charge < -0.3 is 10.3 Å². The lowest BCUT2D eigenvalue weighted by atomic mass is 10.1. The van der Waals surface area contributed by atoms with Gasteiger partial charge in [-0.2, -0.15) is 0 Å². The van der Waals surface area contributed by atoms with Gasteiger partial charge in [-0.3, -0.25) is 9.59 Å². The van der Waals surface area contributed by atoms with Crippen molar-refractivity contribution in [2.45, 2.75) is 13.5 Å². The number of pyridine rings is 1. The van der Waals surface area contributed by atoms with Crippen LogP contribution in [0.5, 0.6) is 0 Å². The van der Waals surface area contributed by atoms with Gasteiger partial charge in [0.1, 0.15) is 5.56 Å². The summed E-state index contributed by atoms with van der Waals surface area (Å²) in [5, 5.41) is 0.537. The standard InChI is InChI=1S/C12H11IN2O2/c1-2-15-6-9(12(14)17)11(16)8-5-7(13)3-4-10(8)15/h3-6H,2H2,1H3,(H2,14,17). The number of nitrogens with zero attached hydrogens (tertiary/aromatic N) is 1. The van der Waals surface area contributed by atoms with Crippen molar-refractivity contribution >= 4 is 39.4 Å². The molecule has 88 valence electrons. The molecule has 1 aromatic heterocycles. The van der Waals surface area contributed by atoms with Gasteiger partial charge >= 0.3 is 0 Å². The second-order valence-electron chi connectivity index (χ2n) is 3.68. The minimum absolute atomic E-state index is 0.0429. The molecule has 0 fully saturated rings. The monoisotopic (exact) mass is 342 g/mol. The molecule has 1 aromatic carbocycles. The van der Waals surface area contributed by atoms with Crippen LogP contribution in [0.25, 0.3) is 10.9 Å². The molecule has 1 amide bonds. The van der Waals surface area contributed by atoms with Gasteiger partial charge in [0.25, 0.3) is 5.91 Å². The van der Waals surface area contributed by atoms with Gasteiger partial charge in [0.05, 0.1) is 5.52 Å². The number of hydrogen-bond acceptors (Lipinski definition) is 2. The van der Waals surface area contributed by atoms with Crippen molar-refractivity contribution in [1.82, 2.24) is 4.57 Å². The fraction of sp³-hybridized carbons (Fsp3) is 0.167. The lowest BCUT2D eigenvalue weighted by molar-refractivity contribution is 0.0999. The average Bonchev–Trinajstić information content (AvgIpc) is 2.29. The number of benzene rings is 1. The molecule has 0 aliphatic carbocycles. The van der Waals surface area contributed by atoms with E-state index in [0.717, 1.165) is 9.09 Å². The molecular weight excluding hydrogens is 331 g/mol. The third-order valence-corrected chi connectivity index (χ3v) is 3.32. The van der Waals surface area contributed by atoms with Crippen LogP contribution in [0.4, 0.5) is 0 Å². The van der Waals surface area contributed by atoms with E-state index >= 15 is 0 Å². The van der Waals surface area contributed by atoms with E-state index in [-0.39, 0.29) is 11.0 Å². The van der Waals surface area contributed by atoms with Crippen LogP contribution in [0, 0.1) is 3.57 Å². The molecule has 2 rings (SSSR count). The Labute approximate surface area is 112 Å². The number of rotatable bonds is 2. The third kappa shape index (κ3) is 2.06. The molecule has 0 radical (unpaired) electrons. The highest BCUT2D eigenvalue weighted by Crippen LogP contribution is 2.15. The summed E-state index contributed by atoms with van der Waals surface area (Å²) in [6.07, 6.45) is 1.53. The highest BCUT2D eigenvalue weighted by molar-refractivity contribution is 14.1. The van der Waals surface area contributed by atoms with Crippen LogP contribution >= 0.6 is 22.6 Å². The summed E-state index contributed by atoms with van der Waals surface area (Å²) in [6.45, 7) is 2.63. The zero-order valence-corrected chi connectivity index (χ0v) is 11.4. The molecule has 5 heteroatoms. The van der Waals surface area contributed by atoms with Gasteiger partial charge in [0.2, 0.25) is 5.43 Å². The van der Waals surface area contributed by atoms with E-state index in [1.807, 2.05) is 23.6 Å². The van der Waals surface area contributed by atoms with Crippen molar-refractivity contribution in [2.75, 3.05) is 0 Å². The zero-order valence-electron chi connectivity index (χ0n) is 9.24. The van der Waals surface area contributed by atoms with Crippen molar-refractivity contribution in [3.8, 4) is 0 Å². The van der Waals surface area contributed by atoms with Crippen LogP contribution in [-0.4, -0.2) is 10.5 Å². The highest BCUT2D eigenvalue weighted by Gasteiger charge is 2.12. The molecule has 17 heavy (non-hydrogen) atoms. The minimum atomic E-state index is -0.682. The van der Waals surface area contributed by atoms with Gasteiger partial charge in [0.15, 0.2) is 0 Å². The SMILES string of the molecule is CCn1cc(C(N)=O)c(=O)c2cc(I)ccc21. The number of halogens is 1. The number of primary amides is 1. The molecule has 1 heterocycles. The fourth-order valence-corrected chi connectivity index (χ4v) is 2.30. The second kappa shape index (κ2) is 4.48. The first-order valence-electron chi connectivity index (χ1n) is 5.17. The summed E-state index contributed by atoms with van der Waals surface area (Å²) in [7, 11) is 0. The van der Waals surface area contributed by atoms with Crippen molar-refractivity contribution in [2.24, 2.45) is 5.73 Å². The summed E-state index contributed by atoms with van der Waals surface area (Å²) in [5.74, 6) is -0.682. The number of aromatic nitrogens is 1. The number of carbonyl (C=O) groups excluding carboxylic acids is 1. The summed E-state index contributed by atoms with van der Waals surface area (Å²) < 4.78 is 2.81. The van der Waals surface area contributed by atoms with E-state index in [2.05, 4.69) is 22.6 Å². The Morgan fingerprint density at radius 2 is 2.18 bits per heavy atom. The lowest BCUT2D eigenvalue weighted by Crippen LogP contribution is -2.24. The number of hydrogen-bond donors (Lipinski definition) is 1. The fourth-order valence-electron chi connectivity index (χ4n) is 1.81. The molecule has 4 nitrogen and oxygen atoms in total. The summed E-state index contributed by atoms with van der Waals surface area (Å²) >= 11 is 2.13. The molecule has 0 atom stereocenters. The molecule has 0 aliphatic heterocycles. The van der Waals surface area contributed by atoms with Crippen molar-refractivity contribution < 1.29 is 4.79 Å². The molecule has 2 N–H and O–H groups in total. The maximum atomic E-state index is 12.1. The van der Waals surface area contributed by atoms with Crippen LogP contribution in [0.2, 0.25) is 0 Å². The van der Waals surface area contributed by atoms with Crippen LogP contribution in [0.3, 0.4) is 0 Å². The Bertz CT molecular complexity index is 661. The minimum Gasteiger partial charge on any atom is -0.365 e. The van der Waals surface area contributed by atoms with E-state index < -0.39 is 5.91 Å². The van der Waals surface area contributed by atoms with Crippen LogP contribution in [-0.2, 0) is 6.54 Å². The first-order valence-corrected chi connectivity index (χ1v) is 6.25. The molecule has 0 bridgehead atoms. The van der Waals surface area contributed by atoms with E-state index in [4.69, 9.17) is 5.73 Å². The second-order valence-corrected chi connectivity index (χ2v) is 4.93. The largest absolute Gasteiger partial charge is 0.365 e. The van der Waals surface area contributed by atoms with Crippen molar-refractivity contribution in [1.29, 1.82) is 0 Å². The van der Waals surface area contributed by atoms with Crippen LogP contribution in [0.1, 0.15) is 17.3 Å². The van der Waals surface area contributed by atoms with Gasteiger partial charge in [0, 0.05) is 21.7 Å². The Morgan fingerprint density at radius 1 is 1.47 bits per heavy atom. The summed E-state index contributed by atoms with van der Waals surface area (Å²) in [5.41, 5.74) is 5.78. The number of carbonyl (C=O) groups is 1. The van der Waals surface area contributed by atoms with Crippen LogP contribution < -0.4 is 11.2 Å². The van der Waals surface area contributed by atoms with Crippen molar-refractivity contribution in [3.05, 3.63) is 43.8 Å². The number of nitrogens with two attached hydrogens (primary N) is 1. The van der Waals surface area contributed by atoms with Gasteiger partial charge in [-0.15, -0.1) is 0 Å². The maximum absolute atomic E-state index is 12.1. The molecule has 0 saturated heterocycles.